The summed E-state index contributed by atoms with van der Waals surface area (Å²) in [6.45, 7) is 2.76. The van der Waals surface area contributed by atoms with E-state index in [0.29, 0.717) is 5.69 Å². The van der Waals surface area contributed by atoms with Crippen LogP contribution in [0, 0.1) is 0 Å². The zero-order valence-electron chi connectivity index (χ0n) is 11.2. The number of ether oxygens (including phenoxy) is 1. The zero-order chi connectivity index (χ0) is 13.0. The third-order valence-electron chi connectivity index (χ3n) is 3.67. The number of anilines is 1. The number of pyridine rings is 1. The van der Waals surface area contributed by atoms with E-state index >= 15 is 0 Å². The molecule has 1 heterocycles. The summed E-state index contributed by atoms with van der Waals surface area (Å²) in [5.41, 5.74) is 0.744. The van der Waals surface area contributed by atoms with Gasteiger partial charge in [0.15, 0.2) is 0 Å². The second-order valence-corrected chi connectivity index (χ2v) is 4.79. The quantitative estimate of drug-likeness (QED) is 0.892. The minimum atomic E-state index is 0.0632. The molecule has 1 N–H and O–H groups in total. The van der Waals surface area contributed by atoms with Crippen LogP contribution in [0.3, 0.4) is 0 Å². The Morgan fingerprint density at radius 2 is 2.22 bits per heavy atom. The number of methoxy groups -OCH3 is 1. The van der Waals surface area contributed by atoms with Crippen molar-refractivity contribution in [2.24, 2.45) is 0 Å². The summed E-state index contributed by atoms with van der Waals surface area (Å²) in [6.07, 6.45) is 6.46. The third kappa shape index (κ3) is 2.58. The molecule has 0 amide bonds. The Hall–Kier alpha value is -1.29. The molecule has 0 aromatic carbocycles. The highest BCUT2D eigenvalue weighted by Crippen LogP contribution is 2.29. The monoisotopic (exact) mass is 250 g/mol. The van der Waals surface area contributed by atoms with Crippen molar-refractivity contribution < 1.29 is 4.74 Å². The van der Waals surface area contributed by atoms with Gasteiger partial charge in [-0.1, -0.05) is 12.8 Å². The van der Waals surface area contributed by atoms with Gasteiger partial charge in [-0.15, -0.1) is 0 Å². The molecule has 1 fully saturated rings. The zero-order valence-corrected chi connectivity index (χ0v) is 11.2. The SMILES string of the molecule is CCNc1cccn([C@H]2CCCC[C@H]2OC)c1=O. The molecule has 2 rings (SSSR count). The molecule has 0 radical (unpaired) electrons. The van der Waals surface area contributed by atoms with Crippen molar-refractivity contribution >= 4 is 5.69 Å². The molecule has 4 nitrogen and oxygen atoms in total. The van der Waals surface area contributed by atoms with Crippen LogP contribution in [0.4, 0.5) is 5.69 Å². The first-order valence-corrected chi connectivity index (χ1v) is 6.75. The van der Waals surface area contributed by atoms with Crippen LogP contribution in [-0.2, 0) is 4.74 Å². The van der Waals surface area contributed by atoms with E-state index in [4.69, 9.17) is 4.74 Å². The van der Waals surface area contributed by atoms with E-state index in [9.17, 15) is 4.79 Å². The molecule has 0 saturated heterocycles. The van der Waals surface area contributed by atoms with Crippen molar-refractivity contribution in [1.82, 2.24) is 4.57 Å². The van der Waals surface area contributed by atoms with Crippen LogP contribution in [0.1, 0.15) is 38.6 Å². The first kappa shape index (κ1) is 13.1. The van der Waals surface area contributed by atoms with Crippen molar-refractivity contribution in [3.05, 3.63) is 28.7 Å². The summed E-state index contributed by atoms with van der Waals surface area (Å²) in [4.78, 5) is 12.4. The van der Waals surface area contributed by atoms with Gasteiger partial charge in [-0.05, 0) is 31.9 Å². The lowest BCUT2D eigenvalue weighted by Crippen LogP contribution is -2.36. The van der Waals surface area contributed by atoms with E-state index in [-0.39, 0.29) is 17.7 Å². The van der Waals surface area contributed by atoms with Gasteiger partial charge in [0, 0.05) is 19.9 Å². The van der Waals surface area contributed by atoms with Gasteiger partial charge < -0.3 is 14.6 Å². The molecule has 0 aliphatic heterocycles. The standard InChI is InChI=1S/C14H22N2O2/c1-3-15-11-7-6-10-16(14(11)17)12-8-4-5-9-13(12)18-2/h6-7,10,12-13,15H,3-5,8-9H2,1-2H3/t12-,13+/m0/s1. The van der Waals surface area contributed by atoms with Crippen LogP contribution in [0.25, 0.3) is 0 Å². The number of nitrogens with one attached hydrogen (secondary N) is 1. The largest absolute Gasteiger partial charge is 0.381 e. The molecule has 0 spiro atoms. The average molecular weight is 250 g/mol. The maximum absolute atomic E-state index is 12.4. The van der Waals surface area contributed by atoms with Gasteiger partial charge >= 0.3 is 0 Å². The van der Waals surface area contributed by atoms with E-state index in [1.165, 1.54) is 12.8 Å². The lowest BCUT2D eigenvalue weighted by Gasteiger charge is -2.32. The van der Waals surface area contributed by atoms with Crippen LogP contribution in [-0.4, -0.2) is 24.3 Å². The smallest absolute Gasteiger partial charge is 0.274 e. The first-order valence-electron chi connectivity index (χ1n) is 6.75. The Morgan fingerprint density at radius 3 is 2.94 bits per heavy atom. The maximum atomic E-state index is 12.4. The predicted octanol–water partition coefficient (Wildman–Crippen LogP) is 2.41. The van der Waals surface area contributed by atoms with E-state index in [0.717, 1.165) is 19.4 Å². The number of rotatable bonds is 4. The molecule has 1 aliphatic rings. The second-order valence-electron chi connectivity index (χ2n) is 4.79. The van der Waals surface area contributed by atoms with E-state index in [1.807, 2.05) is 29.8 Å². The van der Waals surface area contributed by atoms with Crippen LogP contribution < -0.4 is 10.9 Å². The number of hydrogen-bond acceptors (Lipinski definition) is 3. The molecule has 1 aromatic rings. The highest BCUT2D eigenvalue weighted by molar-refractivity contribution is 5.40. The number of aromatic nitrogens is 1. The van der Waals surface area contributed by atoms with Crippen LogP contribution in [0.5, 0.6) is 0 Å². The highest BCUT2D eigenvalue weighted by atomic mass is 16.5. The lowest BCUT2D eigenvalue weighted by atomic mass is 9.92. The van der Waals surface area contributed by atoms with Crippen molar-refractivity contribution in [1.29, 1.82) is 0 Å². The average Bonchev–Trinajstić information content (AvgIpc) is 2.41. The first-order chi connectivity index (χ1) is 8.77. The van der Waals surface area contributed by atoms with Crippen molar-refractivity contribution in [2.75, 3.05) is 19.0 Å². The highest BCUT2D eigenvalue weighted by Gasteiger charge is 2.27. The predicted molar refractivity (Wildman–Crippen MR) is 73.2 cm³/mol. The fraction of sp³-hybridized carbons (Fsp3) is 0.643. The summed E-state index contributed by atoms with van der Waals surface area (Å²) < 4.78 is 7.37. The number of hydrogen-bond donors (Lipinski definition) is 1. The minimum Gasteiger partial charge on any atom is -0.381 e. The van der Waals surface area contributed by atoms with E-state index in [1.54, 1.807) is 7.11 Å². The van der Waals surface area contributed by atoms with Gasteiger partial charge in [-0.2, -0.15) is 0 Å². The summed E-state index contributed by atoms with van der Waals surface area (Å²) in [7, 11) is 1.74. The maximum Gasteiger partial charge on any atom is 0.274 e. The molecule has 4 heteroatoms. The fourth-order valence-corrected chi connectivity index (χ4v) is 2.77. The van der Waals surface area contributed by atoms with Crippen LogP contribution >= 0.6 is 0 Å². The Balaban J connectivity index is 2.31. The molecule has 1 saturated carbocycles. The van der Waals surface area contributed by atoms with Crippen LogP contribution in [0.2, 0.25) is 0 Å². The molecular weight excluding hydrogens is 228 g/mol. The number of nitrogens with zero attached hydrogens (tertiary/aromatic N) is 1. The van der Waals surface area contributed by atoms with Crippen LogP contribution in [0.15, 0.2) is 23.1 Å². The topological polar surface area (TPSA) is 43.3 Å². The molecular formula is C14H22N2O2. The molecule has 2 atom stereocenters. The second kappa shape index (κ2) is 6.05. The third-order valence-corrected chi connectivity index (χ3v) is 3.67. The molecule has 1 aliphatic carbocycles. The molecule has 1 aromatic heterocycles. The van der Waals surface area contributed by atoms with E-state index in [2.05, 4.69) is 5.32 Å². The molecule has 100 valence electrons. The molecule has 18 heavy (non-hydrogen) atoms. The molecule has 0 unspecified atom stereocenters. The summed E-state index contributed by atoms with van der Waals surface area (Å²) in [6, 6.07) is 3.95. The summed E-state index contributed by atoms with van der Waals surface area (Å²) >= 11 is 0. The van der Waals surface area contributed by atoms with Gasteiger partial charge in [0.05, 0.1) is 12.1 Å². The van der Waals surface area contributed by atoms with Crippen molar-refractivity contribution in [3.8, 4) is 0 Å². The van der Waals surface area contributed by atoms with Crippen molar-refractivity contribution in [2.45, 2.75) is 44.8 Å². The van der Waals surface area contributed by atoms with Gasteiger partial charge in [-0.25, -0.2) is 0 Å². The Bertz CT molecular complexity index is 442. The van der Waals surface area contributed by atoms with Gasteiger partial charge in [0.1, 0.15) is 5.69 Å². The Morgan fingerprint density at radius 1 is 1.44 bits per heavy atom. The fourth-order valence-electron chi connectivity index (χ4n) is 2.77. The van der Waals surface area contributed by atoms with E-state index < -0.39 is 0 Å². The Labute approximate surface area is 108 Å². The van der Waals surface area contributed by atoms with Gasteiger partial charge in [0.2, 0.25) is 0 Å². The lowest BCUT2D eigenvalue weighted by molar-refractivity contribution is 0.0278. The summed E-state index contributed by atoms with van der Waals surface area (Å²) in [5, 5.41) is 3.11. The normalized spacial score (nSPS) is 23.9. The van der Waals surface area contributed by atoms with Crippen molar-refractivity contribution in [3.63, 3.8) is 0 Å². The Kier molecular flexibility index (Phi) is 4.42. The minimum absolute atomic E-state index is 0.0632. The van der Waals surface area contributed by atoms with Gasteiger partial charge in [-0.3, -0.25) is 4.79 Å². The summed E-state index contributed by atoms with van der Waals surface area (Å²) in [5.74, 6) is 0. The van der Waals surface area contributed by atoms with Gasteiger partial charge in [0.25, 0.3) is 5.56 Å². The molecule has 0 bridgehead atoms.